The van der Waals surface area contributed by atoms with Crippen LogP contribution in [0.15, 0.2) is 22.8 Å². The van der Waals surface area contributed by atoms with Gasteiger partial charge in [-0.3, -0.25) is 4.98 Å². The lowest BCUT2D eigenvalue weighted by atomic mass is 10.1. The van der Waals surface area contributed by atoms with Crippen LogP contribution >= 0.6 is 15.9 Å². The number of rotatable bonds is 2. The highest BCUT2D eigenvalue weighted by Gasteiger charge is 2.17. The van der Waals surface area contributed by atoms with E-state index in [1.807, 2.05) is 19.2 Å². The maximum atomic E-state index is 4.75. The minimum atomic E-state index is 0.711. The maximum Gasteiger partial charge on any atom is 0.180 e. The molecule has 0 atom stereocenters. The summed E-state index contributed by atoms with van der Waals surface area (Å²) < 4.78 is 0.963. The Kier molecular flexibility index (Phi) is 3.96. The number of nitrogens with zero attached hydrogens (tertiary/aromatic N) is 3. The topological polar surface area (TPSA) is 50.7 Å². The fourth-order valence-electron chi connectivity index (χ4n) is 2.60. The van der Waals surface area contributed by atoms with E-state index in [-0.39, 0.29) is 0 Å². The van der Waals surface area contributed by atoms with Gasteiger partial charge in [0.1, 0.15) is 11.5 Å². The summed E-state index contributed by atoms with van der Waals surface area (Å²) in [5.41, 5.74) is 3.28. The zero-order chi connectivity index (χ0) is 13.9. The smallest absolute Gasteiger partial charge is 0.180 e. The first-order chi connectivity index (χ1) is 9.78. The highest BCUT2D eigenvalue weighted by Crippen LogP contribution is 2.27. The fourth-order valence-corrected chi connectivity index (χ4v) is 2.83. The molecule has 20 heavy (non-hydrogen) atoms. The van der Waals surface area contributed by atoms with Crippen molar-refractivity contribution in [3.05, 3.63) is 34.1 Å². The average Bonchev–Trinajstić information content (AvgIpc) is 2.72. The Morgan fingerprint density at radius 3 is 2.70 bits per heavy atom. The van der Waals surface area contributed by atoms with Gasteiger partial charge >= 0.3 is 0 Å². The summed E-state index contributed by atoms with van der Waals surface area (Å²) in [4.78, 5) is 13.8. The molecule has 104 valence electrons. The number of aryl methyl sites for hydroxylation is 1. The van der Waals surface area contributed by atoms with E-state index in [1.54, 1.807) is 6.20 Å². The van der Waals surface area contributed by atoms with Crippen LogP contribution in [0.2, 0.25) is 0 Å². The SMILES string of the molecule is CNc1nc(-c2ccc(Br)cn2)nc2c1CCCCC2. The molecule has 0 aliphatic heterocycles. The summed E-state index contributed by atoms with van der Waals surface area (Å²) in [5, 5.41) is 3.22. The molecule has 2 heterocycles. The predicted octanol–water partition coefficient (Wildman–Crippen LogP) is 3.61. The van der Waals surface area contributed by atoms with Crippen molar-refractivity contribution in [2.24, 2.45) is 0 Å². The van der Waals surface area contributed by atoms with Crippen LogP contribution in [-0.4, -0.2) is 22.0 Å². The first-order valence-corrected chi connectivity index (χ1v) is 7.76. The van der Waals surface area contributed by atoms with E-state index in [1.165, 1.54) is 30.5 Å². The monoisotopic (exact) mass is 332 g/mol. The number of halogens is 1. The molecular weight excluding hydrogens is 316 g/mol. The molecule has 0 radical (unpaired) electrons. The second kappa shape index (κ2) is 5.87. The van der Waals surface area contributed by atoms with E-state index in [4.69, 9.17) is 4.98 Å². The summed E-state index contributed by atoms with van der Waals surface area (Å²) in [7, 11) is 1.92. The quantitative estimate of drug-likeness (QED) is 0.853. The number of pyridine rings is 1. The maximum absolute atomic E-state index is 4.75. The van der Waals surface area contributed by atoms with Crippen molar-refractivity contribution in [2.75, 3.05) is 12.4 Å². The third kappa shape index (κ3) is 2.68. The van der Waals surface area contributed by atoms with Crippen LogP contribution in [0.3, 0.4) is 0 Å². The average molecular weight is 333 g/mol. The molecule has 2 aromatic heterocycles. The van der Waals surface area contributed by atoms with Gasteiger partial charge in [-0.1, -0.05) is 6.42 Å². The Balaban J connectivity index is 2.08. The zero-order valence-electron chi connectivity index (χ0n) is 11.5. The Morgan fingerprint density at radius 2 is 1.95 bits per heavy atom. The van der Waals surface area contributed by atoms with Crippen molar-refractivity contribution < 1.29 is 0 Å². The van der Waals surface area contributed by atoms with Crippen LogP contribution in [0, 0.1) is 0 Å². The van der Waals surface area contributed by atoms with Gasteiger partial charge in [-0.15, -0.1) is 0 Å². The Labute approximate surface area is 127 Å². The largest absolute Gasteiger partial charge is 0.373 e. The highest BCUT2D eigenvalue weighted by atomic mass is 79.9. The van der Waals surface area contributed by atoms with Gasteiger partial charge in [0.25, 0.3) is 0 Å². The molecule has 1 aliphatic carbocycles. The van der Waals surface area contributed by atoms with Gasteiger partial charge in [0, 0.05) is 29.0 Å². The standard InChI is InChI=1S/C15H17BrN4/c1-17-14-11-5-3-2-4-6-12(11)19-15(20-14)13-8-7-10(16)9-18-13/h7-9H,2-6H2,1H3,(H,17,19,20). The van der Waals surface area contributed by atoms with E-state index < -0.39 is 0 Å². The summed E-state index contributed by atoms with van der Waals surface area (Å²) in [6.07, 6.45) is 7.59. The fraction of sp³-hybridized carbons (Fsp3) is 0.400. The van der Waals surface area contributed by atoms with Crippen molar-refractivity contribution >= 4 is 21.7 Å². The summed E-state index contributed by atoms with van der Waals surface area (Å²) in [6.45, 7) is 0. The van der Waals surface area contributed by atoms with Crippen LogP contribution in [-0.2, 0) is 12.8 Å². The minimum absolute atomic E-state index is 0.711. The van der Waals surface area contributed by atoms with Crippen LogP contribution in [0.5, 0.6) is 0 Å². The molecule has 1 N–H and O–H groups in total. The van der Waals surface area contributed by atoms with Crippen molar-refractivity contribution in [1.82, 2.24) is 15.0 Å². The lowest BCUT2D eigenvalue weighted by Crippen LogP contribution is -2.07. The van der Waals surface area contributed by atoms with Gasteiger partial charge in [-0.2, -0.15) is 0 Å². The molecule has 0 unspecified atom stereocenters. The van der Waals surface area contributed by atoms with E-state index in [2.05, 4.69) is 31.2 Å². The third-order valence-electron chi connectivity index (χ3n) is 3.63. The first kappa shape index (κ1) is 13.5. The molecular formula is C15H17BrN4. The molecule has 0 aromatic carbocycles. The van der Waals surface area contributed by atoms with Crippen LogP contribution in [0.4, 0.5) is 5.82 Å². The van der Waals surface area contributed by atoms with Crippen molar-refractivity contribution in [1.29, 1.82) is 0 Å². The van der Waals surface area contributed by atoms with E-state index in [0.29, 0.717) is 5.82 Å². The first-order valence-electron chi connectivity index (χ1n) is 6.97. The number of fused-ring (bicyclic) bond motifs is 1. The van der Waals surface area contributed by atoms with E-state index in [0.717, 1.165) is 28.8 Å². The molecule has 0 saturated carbocycles. The van der Waals surface area contributed by atoms with Gasteiger partial charge in [0.15, 0.2) is 5.82 Å². The summed E-state index contributed by atoms with van der Waals surface area (Å²) >= 11 is 3.40. The van der Waals surface area contributed by atoms with Crippen LogP contribution < -0.4 is 5.32 Å². The Bertz CT molecular complexity index is 610. The van der Waals surface area contributed by atoms with Crippen molar-refractivity contribution in [3.63, 3.8) is 0 Å². The second-order valence-corrected chi connectivity index (χ2v) is 5.91. The van der Waals surface area contributed by atoms with Gasteiger partial charge < -0.3 is 5.32 Å². The van der Waals surface area contributed by atoms with Gasteiger partial charge in [0.05, 0.1) is 0 Å². The van der Waals surface area contributed by atoms with E-state index in [9.17, 15) is 0 Å². The lowest BCUT2D eigenvalue weighted by molar-refractivity contribution is 0.709. The molecule has 0 bridgehead atoms. The normalized spacial score (nSPS) is 14.5. The number of hydrogen-bond donors (Lipinski definition) is 1. The zero-order valence-corrected chi connectivity index (χ0v) is 13.1. The molecule has 3 rings (SSSR count). The molecule has 0 saturated heterocycles. The van der Waals surface area contributed by atoms with E-state index >= 15 is 0 Å². The minimum Gasteiger partial charge on any atom is -0.373 e. The number of aromatic nitrogens is 3. The molecule has 4 nitrogen and oxygen atoms in total. The van der Waals surface area contributed by atoms with Gasteiger partial charge in [0.2, 0.25) is 0 Å². The van der Waals surface area contributed by atoms with Gasteiger partial charge in [-0.25, -0.2) is 9.97 Å². The molecule has 5 heteroatoms. The number of anilines is 1. The molecule has 0 spiro atoms. The van der Waals surface area contributed by atoms with Crippen molar-refractivity contribution in [3.8, 4) is 11.5 Å². The Morgan fingerprint density at radius 1 is 1.10 bits per heavy atom. The molecule has 1 aliphatic rings. The van der Waals surface area contributed by atoms with Crippen molar-refractivity contribution in [2.45, 2.75) is 32.1 Å². The van der Waals surface area contributed by atoms with Crippen LogP contribution in [0.25, 0.3) is 11.5 Å². The summed E-state index contributed by atoms with van der Waals surface area (Å²) in [5.74, 6) is 1.67. The highest BCUT2D eigenvalue weighted by molar-refractivity contribution is 9.10. The molecule has 0 fully saturated rings. The van der Waals surface area contributed by atoms with Crippen LogP contribution in [0.1, 0.15) is 30.5 Å². The van der Waals surface area contributed by atoms with Gasteiger partial charge in [-0.05, 0) is 53.7 Å². The Hall–Kier alpha value is -1.49. The number of nitrogens with one attached hydrogen (secondary N) is 1. The predicted molar refractivity (Wildman–Crippen MR) is 83.8 cm³/mol. The number of hydrogen-bond acceptors (Lipinski definition) is 4. The summed E-state index contributed by atoms with van der Waals surface area (Å²) in [6, 6.07) is 3.92. The lowest BCUT2D eigenvalue weighted by Gasteiger charge is -2.12. The third-order valence-corrected chi connectivity index (χ3v) is 4.10. The molecule has 2 aromatic rings. The second-order valence-electron chi connectivity index (χ2n) is 4.99. The molecule has 0 amide bonds.